The first-order valence-electron chi connectivity index (χ1n) is 11.3. The summed E-state index contributed by atoms with van der Waals surface area (Å²) in [7, 11) is 2.06. The molecule has 0 atom stereocenters. The minimum atomic E-state index is -0.352. The highest BCUT2D eigenvalue weighted by Crippen LogP contribution is 2.37. The standard InChI is InChI=1S/C25H30N4O3S/c1-5-32-25(31)23-20-12-13-28(4)15-21(20)33-24(23)26-22(30)11-8-18-6-9-19(10-7-18)29-17(3)14-16(2)27-29/h6-7,9-10,14H,5,8,11-13,15H2,1-4H3,(H,26,30). The molecule has 3 heterocycles. The van der Waals surface area contributed by atoms with E-state index in [0.717, 1.165) is 52.6 Å². The van der Waals surface area contributed by atoms with E-state index in [2.05, 4.69) is 22.4 Å². The number of benzene rings is 1. The topological polar surface area (TPSA) is 76.5 Å². The number of amides is 1. The monoisotopic (exact) mass is 466 g/mol. The molecule has 1 amide bonds. The Bertz CT molecular complexity index is 1160. The summed E-state index contributed by atoms with van der Waals surface area (Å²) in [5, 5.41) is 8.11. The van der Waals surface area contributed by atoms with Crippen LogP contribution in [0.15, 0.2) is 30.3 Å². The number of aromatic nitrogens is 2. The number of carbonyl (C=O) groups is 2. The van der Waals surface area contributed by atoms with Gasteiger partial charge in [-0.3, -0.25) is 4.79 Å². The van der Waals surface area contributed by atoms with E-state index in [0.29, 0.717) is 30.0 Å². The lowest BCUT2D eigenvalue weighted by Crippen LogP contribution is -2.26. The predicted octanol–water partition coefficient (Wildman–Crippen LogP) is 4.29. The van der Waals surface area contributed by atoms with E-state index in [9.17, 15) is 9.59 Å². The first kappa shape index (κ1) is 23.2. The molecule has 1 aliphatic heterocycles. The summed E-state index contributed by atoms with van der Waals surface area (Å²) in [4.78, 5) is 28.7. The number of ether oxygens (including phenoxy) is 1. The lowest BCUT2D eigenvalue weighted by Gasteiger charge is -2.22. The Balaban J connectivity index is 1.43. The van der Waals surface area contributed by atoms with Crippen molar-refractivity contribution in [1.82, 2.24) is 14.7 Å². The molecule has 0 aliphatic carbocycles. The van der Waals surface area contributed by atoms with Gasteiger partial charge in [-0.25, -0.2) is 9.48 Å². The van der Waals surface area contributed by atoms with E-state index in [1.165, 1.54) is 11.3 Å². The van der Waals surface area contributed by atoms with Gasteiger partial charge in [0, 0.05) is 30.1 Å². The van der Waals surface area contributed by atoms with Crippen LogP contribution in [0.3, 0.4) is 0 Å². The molecule has 0 radical (unpaired) electrons. The van der Waals surface area contributed by atoms with Crippen LogP contribution in [0.25, 0.3) is 5.69 Å². The molecule has 1 N–H and O–H groups in total. The first-order valence-corrected chi connectivity index (χ1v) is 12.1. The van der Waals surface area contributed by atoms with E-state index in [1.54, 1.807) is 6.92 Å². The van der Waals surface area contributed by atoms with Gasteiger partial charge >= 0.3 is 5.97 Å². The molecule has 0 unspecified atom stereocenters. The number of nitrogens with one attached hydrogen (secondary N) is 1. The van der Waals surface area contributed by atoms with Gasteiger partial charge in [-0.05, 0) is 70.0 Å². The van der Waals surface area contributed by atoms with Crippen molar-refractivity contribution in [3.8, 4) is 5.69 Å². The second kappa shape index (κ2) is 9.89. The number of anilines is 1. The van der Waals surface area contributed by atoms with E-state index in [4.69, 9.17) is 4.74 Å². The van der Waals surface area contributed by atoms with Crippen LogP contribution in [0.1, 0.15) is 51.1 Å². The van der Waals surface area contributed by atoms with Gasteiger partial charge in [0.15, 0.2) is 0 Å². The number of nitrogens with zero attached hydrogens (tertiary/aromatic N) is 3. The number of carbonyl (C=O) groups excluding carboxylic acids is 2. The second-order valence-electron chi connectivity index (χ2n) is 8.47. The average Bonchev–Trinajstić information content (AvgIpc) is 3.30. The molecule has 2 aromatic heterocycles. The third-order valence-corrected chi connectivity index (χ3v) is 6.94. The summed E-state index contributed by atoms with van der Waals surface area (Å²) < 4.78 is 7.20. The normalized spacial score (nSPS) is 13.6. The minimum Gasteiger partial charge on any atom is -0.462 e. The fraction of sp³-hybridized carbons (Fsp3) is 0.400. The highest BCUT2D eigenvalue weighted by molar-refractivity contribution is 7.17. The molecule has 0 fully saturated rings. The van der Waals surface area contributed by atoms with Crippen LogP contribution in [-0.4, -0.2) is 46.8 Å². The molecular weight excluding hydrogens is 436 g/mol. The average molecular weight is 467 g/mol. The Labute approximate surface area is 198 Å². The van der Waals surface area contributed by atoms with Gasteiger partial charge in [0.1, 0.15) is 5.00 Å². The van der Waals surface area contributed by atoms with Gasteiger partial charge in [-0.15, -0.1) is 11.3 Å². The Morgan fingerprint density at radius 3 is 2.64 bits per heavy atom. The maximum Gasteiger partial charge on any atom is 0.341 e. The summed E-state index contributed by atoms with van der Waals surface area (Å²) in [6.45, 7) is 7.78. The molecule has 33 heavy (non-hydrogen) atoms. The molecule has 3 aromatic rings. The number of hydrogen-bond donors (Lipinski definition) is 1. The van der Waals surface area contributed by atoms with Crippen LogP contribution in [-0.2, 0) is 28.9 Å². The maximum atomic E-state index is 12.8. The fourth-order valence-corrected chi connectivity index (χ4v) is 5.51. The van der Waals surface area contributed by atoms with Gasteiger partial charge in [0.2, 0.25) is 5.91 Å². The first-order chi connectivity index (χ1) is 15.9. The molecule has 8 heteroatoms. The van der Waals surface area contributed by atoms with Crippen LogP contribution in [0.2, 0.25) is 0 Å². The summed E-state index contributed by atoms with van der Waals surface area (Å²) in [6.07, 6.45) is 1.74. The number of thiophene rings is 1. The van der Waals surface area contributed by atoms with E-state index < -0.39 is 0 Å². The van der Waals surface area contributed by atoms with Crippen LogP contribution in [0, 0.1) is 13.8 Å². The molecule has 0 saturated carbocycles. The molecule has 4 rings (SSSR count). The molecule has 1 aromatic carbocycles. The Hall–Kier alpha value is -2.97. The largest absolute Gasteiger partial charge is 0.462 e. The van der Waals surface area contributed by atoms with Gasteiger partial charge in [-0.1, -0.05) is 12.1 Å². The SMILES string of the molecule is CCOC(=O)c1c(NC(=O)CCc2ccc(-n3nc(C)cc3C)cc2)sc2c1CCN(C)C2. The van der Waals surface area contributed by atoms with Crippen molar-refractivity contribution in [2.45, 2.75) is 46.6 Å². The fourth-order valence-electron chi connectivity index (χ4n) is 4.18. The van der Waals surface area contributed by atoms with Crippen molar-refractivity contribution < 1.29 is 14.3 Å². The zero-order chi connectivity index (χ0) is 23.5. The van der Waals surface area contributed by atoms with Crippen LogP contribution < -0.4 is 5.32 Å². The minimum absolute atomic E-state index is 0.102. The molecule has 0 spiro atoms. The second-order valence-corrected chi connectivity index (χ2v) is 9.57. The Morgan fingerprint density at radius 1 is 1.21 bits per heavy atom. The molecular formula is C25H30N4O3S. The number of fused-ring (bicyclic) bond motifs is 1. The molecule has 174 valence electrons. The molecule has 7 nitrogen and oxygen atoms in total. The van der Waals surface area contributed by atoms with E-state index >= 15 is 0 Å². The quantitative estimate of drug-likeness (QED) is 0.526. The highest BCUT2D eigenvalue weighted by atomic mass is 32.1. The van der Waals surface area contributed by atoms with Crippen molar-refractivity contribution in [2.75, 3.05) is 25.5 Å². The molecule has 0 bridgehead atoms. The smallest absolute Gasteiger partial charge is 0.341 e. The highest BCUT2D eigenvalue weighted by Gasteiger charge is 2.28. The number of aryl methyl sites for hydroxylation is 3. The predicted molar refractivity (Wildman–Crippen MR) is 130 cm³/mol. The van der Waals surface area contributed by atoms with Gasteiger partial charge in [-0.2, -0.15) is 5.10 Å². The van der Waals surface area contributed by atoms with Crippen molar-refractivity contribution >= 4 is 28.2 Å². The van der Waals surface area contributed by atoms with E-state index in [1.807, 2.05) is 48.9 Å². The number of likely N-dealkylation sites (N-methyl/N-ethyl adjacent to an activating group) is 1. The van der Waals surface area contributed by atoms with E-state index in [-0.39, 0.29) is 11.9 Å². The van der Waals surface area contributed by atoms with Gasteiger partial charge in [0.25, 0.3) is 0 Å². The van der Waals surface area contributed by atoms with Gasteiger partial charge in [0.05, 0.1) is 23.6 Å². The summed E-state index contributed by atoms with van der Waals surface area (Å²) in [6, 6.07) is 10.2. The summed E-state index contributed by atoms with van der Waals surface area (Å²) in [5.41, 5.74) is 5.70. The van der Waals surface area contributed by atoms with Crippen molar-refractivity contribution in [3.05, 3.63) is 63.3 Å². The van der Waals surface area contributed by atoms with Crippen LogP contribution in [0.5, 0.6) is 0 Å². The van der Waals surface area contributed by atoms with Crippen molar-refractivity contribution in [2.24, 2.45) is 0 Å². The number of esters is 1. The summed E-state index contributed by atoms with van der Waals surface area (Å²) >= 11 is 1.49. The zero-order valence-electron chi connectivity index (χ0n) is 19.6. The lowest BCUT2D eigenvalue weighted by atomic mass is 10.0. The van der Waals surface area contributed by atoms with Crippen molar-refractivity contribution in [1.29, 1.82) is 0 Å². The number of rotatable bonds is 7. The third-order valence-electron chi connectivity index (χ3n) is 5.81. The number of hydrogen-bond acceptors (Lipinski definition) is 6. The van der Waals surface area contributed by atoms with Crippen LogP contribution >= 0.6 is 11.3 Å². The molecule has 0 saturated heterocycles. The Morgan fingerprint density at radius 2 is 1.97 bits per heavy atom. The Kier molecular flexibility index (Phi) is 6.95. The zero-order valence-corrected chi connectivity index (χ0v) is 20.4. The maximum absolute atomic E-state index is 12.8. The summed E-state index contributed by atoms with van der Waals surface area (Å²) in [5.74, 6) is -0.454. The lowest BCUT2D eigenvalue weighted by molar-refractivity contribution is -0.116. The van der Waals surface area contributed by atoms with Gasteiger partial charge < -0.3 is 15.0 Å². The third kappa shape index (κ3) is 5.17. The molecule has 1 aliphatic rings. The van der Waals surface area contributed by atoms with Crippen LogP contribution in [0.4, 0.5) is 5.00 Å². The van der Waals surface area contributed by atoms with Crippen molar-refractivity contribution in [3.63, 3.8) is 0 Å².